The molecule has 0 aliphatic rings. The number of carbonyl (C=O) groups is 1. The van der Waals surface area contributed by atoms with E-state index in [0.29, 0.717) is 13.1 Å². The van der Waals surface area contributed by atoms with Crippen molar-refractivity contribution in [2.45, 2.75) is 6.04 Å². The van der Waals surface area contributed by atoms with Gasteiger partial charge in [-0.25, -0.2) is 0 Å². The Hall–Kier alpha value is -1.46. The average molecular weight is 222 g/mol. The SMILES string of the molecule is CNC(=O)CN(C)C(CN)c1ccncc1. The number of pyridine rings is 1. The summed E-state index contributed by atoms with van der Waals surface area (Å²) < 4.78 is 0. The van der Waals surface area contributed by atoms with E-state index in [9.17, 15) is 4.79 Å². The molecule has 0 aliphatic carbocycles. The standard InChI is InChI=1S/C11H18N4O/c1-13-11(16)8-15(2)10(7-12)9-3-5-14-6-4-9/h3-6,10H,7-8,12H2,1-2H3,(H,13,16). The van der Waals surface area contributed by atoms with Gasteiger partial charge in [0.2, 0.25) is 5.91 Å². The maximum absolute atomic E-state index is 11.3. The van der Waals surface area contributed by atoms with E-state index in [1.807, 2.05) is 24.1 Å². The van der Waals surface area contributed by atoms with Gasteiger partial charge >= 0.3 is 0 Å². The largest absolute Gasteiger partial charge is 0.358 e. The third-order valence-electron chi connectivity index (χ3n) is 2.52. The van der Waals surface area contributed by atoms with Crippen molar-refractivity contribution in [1.29, 1.82) is 0 Å². The number of rotatable bonds is 5. The lowest BCUT2D eigenvalue weighted by Gasteiger charge is -2.26. The van der Waals surface area contributed by atoms with Gasteiger partial charge in [-0.15, -0.1) is 0 Å². The molecule has 0 aliphatic heterocycles. The molecule has 88 valence electrons. The van der Waals surface area contributed by atoms with E-state index in [4.69, 9.17) is 5.73 Å². The topological polar surface area (TPSA) is 71.2 Å². The van der Waals surface area contributed by atoms with Crippen molar-refractivity contribution < 1.29 is 4.79 Å². The monoisotopic (exact) mass is 222 g/mol. The summed E-state index contributed by atoms with van der Waals surface area (Å²) in [7, 11) is 3.51. The van der Waals surface area contributed by atoms with Gasteiger partial charge < -0.3 is 11.1 Å². The second-order valence-electron chi connectivity index (χ2n) is 3.62. The van der Waals surface area contributed by atoms with Crippen LogP contribution in [0, 0.1) is 0 Å². The Labute approximate surface area is 95.7 Å². The minimum atomic E-state index is -0.0185. The molecule has 0 fully saturated rings. The minimum absolute atomic E-state index is 0.0185. The zero-order valence-corrected chi connectivity index (χ0v) is 9.68. The first-order valence-corrected chi connectivity index (χ1v) is 5.19. The first-order chi connectivity index (χ1) is 7.69. The highest BCUT2D eigenvalue weighted by Crippen LogP contribution is 2.16. The lowest BCUT2D eigenvalue weighted by Crippen LogP contribution is -2.38. The lowest BCUT2D eigenvalue weighted by atomic mass is 10.1. The Balaban J connectivity index is 2.71. The Morgan fingerprint density at radius 1 is 1.56 bits per heavy atom. The van der Waals surface area contributed by atoms with Gasteiger partial charge in [0.15, 0.2) is 0 Å². The molecule has 5 nitrogen and oxygen atoms in total. The molecule has 1 aromatic rings. The quantitative estimate of drug-likeness (QED) is 0.721. The van der Waals surface area contributed by atoms with E-state index in [1.54, 1.807) is 19.4 Å². The molecule has 5 heteroatoms. The van der Waals surface area contributed by atoms with Gasteiger partial charge in [0, 0.05) is 32.0 Å². The molecule has 0 spiro atoms. The fraction of sp³-hybridized carbons (Fsp3) is 0.455. The Bertz CT molecular complexity index is 328. The molecule has 0 bridgehead atoms. The number of amides is 1. The zero-order chi connectivity index (χ0) is 12.0. The molecule has 0 saturated heterocycles. The van der Waals surface area contributed by atoms with Gasteiger partial charge in [-0.3, -0.25) is 14.7 Å². The van der Waals surface area contributed by atoms with Crippen LogP contribution in [-0.2, 0) is 4.79 Å². The summed E-state index contributed by atoms with van der Waals surface area (Å²) >= 11 is 0. The maximum Gasteiger partial charge on any atom is 0.233 e. The van der Waals surface area contributed by atoms with Crippen LogP contribution in [0.5, 0.6) is 0 Å². The number of nitrogens with one attached hydrogen (secondary N) is 1. The van der Waals surface area contributed by atoms with Gasteiger partial charge in [-0.05, 0) is 24.7 Å². The van der Waals surface area contributed by atoms with Crippen molar-refractivity contribution >= 4 is 5.91 Å². The normalized spacial score (nSPS) is 12.5. The fourth-order valence-electron chi connectivity index (χ4n) is 1.57. The van der Waals surface area contributed by atoms with E-state index < -0.39 is 0 Å². The van der Waals surface area contributed by atoms with Crippen molar-refractivity contribution in [2.24, 2.45) is 5.73 Å². The number of hydrogen-bond donors (Lipinski definition) is 2. The molecular formula is C11H18N4O. The van der Waals surface area contributed by atoms with Crippen LogP contribution in [0.3, 0.4) is 0 Å². The summed E-state index contributed by atoms with van der Waals surface area (Å²) in [5.74, 6) is -0.0185. The van der Waals surface area contributed by atoms with E-state index in [0.717, 1.165) is 5.56 Å². The van der Waals surface area contributed by atoms with Crippen molar-refractivity contribution in [3.8, 4) is 0 Å². The molecule has 0 saturated carbocycles. The summed E-state index contributed by atoms with van der Waals surface area (Å²) in [5.41, 5.74) is 6.80. The molecule has 0 aromatic carbocycles. The molecule has 1 amide bonds. The fourth-order valence-corrected chi connectivity index (χ4v) is 1.57. The van der Waals surface area contributed by atoms with Crippen molar-refractivity contribution in [1.82, 2.24) is 15.2 Å². The number of carbonyl (C=O) groups excluding carboxylic acids is 1. The van der Waals surface area contributed by atoms with E-state index in [2.05, 4.69) is 10.3 Å². The first-order valence-electron chi connectivity index (χ1n) is 5.19. The van der Waals surface area contributed by atoms with Gasteiger partial charge in [-0.1, -0.05) is 0 Å². The van der Waals surface area contributed by atoms with Crippen LogP contribution < -0.4 is 11.1 Å². The summed E-state index contributed by atoms with van der Waals surface area (Å²) in [5, 5.41) is 2.59. The van der Waals surface area contributed by atoms with Gasteiger partial charge in [0.25, 0.3) is 0 Å². The second-order valence-corrected chi connectivity index (χ2v) is 3.62. The van der Waals surface area contributed by atoms with Crippen LogP contribution >= 0.6 is 0 Å². The maximum atomic E-state index is 11.3. The van der Waals surface area contributed by atoms with Crippen LogP contribution in [0.2, 0.25) is 0 Å². The molecule has 3 N–H and O–H groups in total. The third-order valence-corrected chi connectivity index (χ3v) is 2.52. The number of aromatic nitrogens is 1. The van der Waals surface area contributed by atoms with Crippen LogP contribution in [0.1, 0.15) is 11.6 Å². The van der Waals surface area contributed by atoms with Crippen molar-refractivity contribution in [3.05, 3.63) is 30.1 Å². The molecule has 1 unspecified atom stereocenters. The minimum Gasteiger partial charge on any atom is -0.358 e. The number of hydrogen-bond acceptors (Lipinski definition) is 4. The van der Waals surface area contributed by atoms with Crippen LogP contribution in [0.4, 0.5) is 0 Å². The predicted molar refractivity (Wildman–Crippen MR) is 62.7 cm³/mol. The predicted octanol–water partition coefficient (Wildman–Crippen LogP) is -0.241. The number of nitrogens with two attached hydrogens (primary N) is 1. The third kappa shape index (κ3) is 3.29. The van der Waals surface area contributed by atoms with E-state index >= 15 is 0 Å². The molecule has 1 heterocycles. The summed E-state index contributed by atoms with van der Waals surface area (Å²) in [6.45, 7) is 0.804. The Morgan fingerprint density at radius 3 is 2.69 bits per heavy atom. The van der Waals surface area contributed by atoms with Crippen LogP contribution in [0.15, 0.2) is 24.5 Å². The Morgan fingerprint density at radius 2 is 2.19 bits per heavy atom. The summed E-state index contributed by atoms with van der Waals surface area (Å²) in [6, 6.07) is 3.87. The van der Waals surface area contributed by atoms with Crippen molar-refractivity contribution in [2.75, 3.05) is 27.2 Å². The number of nitrogens with zero attached hydrogens (tertiary/aromatic N) is 2. The summed E-state index contributed by atoms with van der Waals surface area (Å²) in [4.78, 5) is 17.2. The zero-order valence-electron chi connectivity index (χ0n) is 9.68. The molecule has 1 aromatic heterocycles. The van der Waals surface area contributed by atoms with E-state index in [-0.39, 0.29) is 11.9 Å². The van der Waals surface area contributed by atoms with Crippen LogP contribution in [0.25, 0.3) is 0 Å². The lowest BCUT2D eigenvalue weighted by molar-refractivity contribution is -0.121. The highest BCUT2D eigenvalue weighted by molar-refractivity contribution is 5.77. The average Bonchev–Trinajstić information content (AvgIpc) is 2.31. The van der Waals surface area contributed by atoms with E-state index in [1.165, 1.54) is 0 Å². The number of likely N-dealkylation sites (N-methyl/N-ethyl adjacent to an activating group) is 2. The molecular weight excluding hydrogens is 204 g/mol. The van der Waals surface area contributed by atoms with Crippen LogP contribution in [-0.4, -0.2) is 43.0 Å². The molecule has 16 heavy (non-hydrogen) atoms. The van der Waals surface area contributed by atoms with Gasteiger partial charge in [0.05, 0.1) is 6.54 Å². The molecule has 0 radical (unpaired) electrons. The smallest absolute Gasteiger partial charge is 0.233 e. The second kappa shape index (κ2) is 6.19. The highest BCUT2D eigenvalue weighted by Gasteiger charge is 2.16. The highest BCUT2D eigenvalue weighted by atomic mass is 16.1. The summed E-state index contributed by atoms with van der Waals surface area (Å²) in [6.07, 6.45) is 3.46. The van der Waals surface area contributed by atoms with Gasteiger partial charge in [0.1, 0.15) is 0 Å². The molecule has 1 rings (SSSR count). The van der Waals surface area contributed by atoms with Crippen molar-refractivity contribution in [3.63, 3.8) is 0 Å². The van der Waals surface area contributed by atoms with Gasteiger partial charge in [-0.2, -0.15) is 0 Å². The Kier molecular flexibility index (Phi) is 4.88. The molecule has 1 atom stereocenters. The first kappa shape index (κ1) is 12.6.